The molecule has 0 heterocycles. The van der Waals surface area contributed by atoms with Crippen molar-refractivity contribution in [3.63, 3.8) is 0 Å². The van der Waals surface area contributed by atoms with Crippen LogP contribution in [0, 0.1) is 5.92 Å². The van der Waals surface area contributed by atoms with Gasteiger partial charge in [-0.05, 0) is 31.6 Å². The lowest BCUT2D eigenvalue weighted by atomic mass is 9.80. The Kier molecular flexibility index (Phi) is 4.93. The zero-order valence-electron chi connectivity index (χ0n) is 9.37. The quantitative estimate of drug-likeness (QED) is 0.760. The van der Waals surface area contributed by atoms with Crippen LogP contribution >= 0.6 is 11.8 Å². The molecule has 0 radical (unpaired) electrons. The van der Waals surface area contributed by atoms with Gasteiger partial charge < -0.3 is 10.8 Å². The summed E-state index contributed by atoms with van der Waals surface area (Å²) in [4.78, 5) is 11.3. The molecule has 0 aromatic rings. The first kappa shape index (κ1) is 12.8. The van der Waals surface area contributed by atoms with Crippen molar-refractivity contribution in [3.8, 4) is 0 Å². The van der Waals surface area contributed by atoms with Gasteiger partial charge >= 0.3 is 5.97 Å². The monoisotopic (exact) mass is 231 g/mol. The normalized spacial score (nSPS) is 31.5. The van der Waals surface area contributed by atoms with E-state index < -0.39 is 10.7 Å². The average Bonchev–Trinajstić information content (AvgIpc) is 2.27. The minimum absolute atomic E-state index is 0.537. The molecule has 0 aromatic heterocycles. The summed E-state index contributed by atoms with van der Waals surface area (Å²) in [5, 5.41) is 9.31. The maximum atomic E-state index is 11.3. The molecule has 0 unspecified atom stereocenters. The summed E-state index contributed by atoms with van der Waals surface area (Å²) in [6, 6.07) is 0. The van der Waals surface area contributed by atoms with Crippen LogP contribution in [0.5, 0.6) is 0 Å². The lowest BCUT2D eigenvalue weighted by molar-refractivity contribution is -0.141. The first-order chi connectivity index (χ1) is 7.14. The van der Waals surface area contributed by atoms with Gasteiger partial charge in [-0.15, -0.1) is 11.8 Å². The van der Waals surface area contributed by atoms with Gasteiger partial charge in [-0.25, -0.2) is 0 Å². The van der Waals surface area contributed by atoms with E-state index in [1.807, 2.05) is 0 Å². The Morgan fingerprint density at radius 3 is 2.53 bits per heavy atom. The molecular formula is C11H21NO2S. The largest absolute Gasteiger partial charge is 0.480 e. The number of carboxylic acid groups (broad SMARTS) is 1. The zero-order chi connectivity index (χ0) is 11.3. The molecule has 88 valence electrons. The lowest BCUT2D eigenvalue weighted by Gasteiger charge is -2.36. The van der Waals surface area contributed by atoms with Gasteiger partial charge in [0.2, 0.25) is 0 Å². The number of aliphatic carboxylic acids is 1. The highest BCUT2D eigenvalue weighted by Gasteiger charge is 2.41. The minimum Gasteiger partial charge on any atom is -0.480 e. The van der Waals surface area contributed by atoms with Gasteiger partial charge in [0.1, 0.15) is 4.75 Å². The third kappa shape index (κ3) is 3.11. The van der Waals surface area contributed by atoms with E-state index in [0.717, 1.165) is 37.4 Å². The fourth-order valence-electron chi connectivity index (χ4n) is 2.23. The smallest absolute Gasteiger partial charge is 0.319 e. The first-order valence-corrected chi connectivity index (χ1v) is 6.70. The van der Waals surface area contributed by atoms with E-state index in [1.54, 1.807) is 11.8 Å². The Morgan fingerprint density at radius 1 is 1.53 bits per heavy atom. The summed E-state index contributed by atoms with van der Waals surface area (Å²) < 4.78 is -0.537. The summed E-state index contributed by atoms with van der Waals surface area (Å²) in [6.45, 7) is 2.75. The Balaban J connectivity index is 2.56. The third-order valence-corrected chi connectivity index (χ3v) is 4.95. The molecule has 1 fully saturated rings. The number of hydrogen-bond donors (Lipinski definition) is 2. The number of rotatable bonds is 5. The molecule has 0 aliphatic heterocycles. The van der Waals surface area contributed by atoms with Gasteiger partial charge in [-0.2, -0.15) is 0 Å². The number of nitrogens with two attached hydrogens (primary N) is 1. The van der Waals surface area contributed by atoms with Gasteiger partial charge in [0, 0.05) is 12.3 Å². The highest BCUT2D eigenvalue weighted by molar-refractivity contribution is 8.01. The summed E-state index contributed by atoms with van der Waals surface area (Å²) in [5.41, 5.74) is 5.44. The number of hydrogen-bond acceptors (Lipinski definition) is 3. The molecule has 0 aromatic carbocycles. The highest BCUT2D eigenvalue weighted by atomic mass is 32.2. The van der Waals surface area contributed by atoms with E-state index in [1.165, 1.54) is 6.42 Å². The molecule has 0 bridgehead atoms. The average molecular weight is 231 g/mol. The SMILES string of the molecule is CCC1CCC(SCCN)(C(=O)O)CC1. The summed E-state index contributed by atoms with van der Waals surface area (Å²) in [5.74, 6) is 0.842. The minimum atomic E-state index is -0.643. The van der Waals surface area contributed by atoms with Crippen LogP contribution < -0.4 is 5.73 Å². The van der Waals surface area contributed by atoms with Crippen molar-refractivity contribution in [2.24, 2.45) is 11.7 Å². The van der Waals surface area contributed by atoms with Crippen molar-refractivity contribution in [2.45, 2.75) is 43.8 Å². The van der Waals surface area contributed by atoms with E-state index in [-0.39, 0.29) is 0 Å². The van der Waals surface area contributed by atoms with Gasteiger partial charge in [-0.3, -0.25) is 4.79 Å². The van der Waals surface area contributed by atoms with E-state index in [2.05, 4.69) is 6.92 Å². The molecule has 1 saturated carbocycles. The third-order valence-electron chi connectivity index (χ3n) is 3.38. The van der Waals surface area contributed by atoms with Crippen LogP contribution in [0.2, 0.25) is 0 Å². The molecule has 15 heavy (non-hydrogen) atoms. The summed E-state index contributed by atoms with van der Waals surface area (Å²) >= 11 is 1.54. The second kappa shape index (κ2) is 5.75. The second-order valence-electron chi connectivity index (χ2n) is 4.29. The van der Waals surface area contributed by atoms with Gasteiger partial charge in [0.25, 0.3) is 0 Å². The highest BCUT2D eigenvalue weighted by Crippen LogP contribution is 2.42. The molecule has 3 N–H and O–H groups in total. The Morgan fingerprint density at radius 2 is 2.13 bits per heavy atom. The van der Waals surface area contributed by atoms with Gasteiger partial charge in [0.05, 0.1) is 0 Å². The standard InChI is InChI=1S/C11H21NO2S/c1-2-9-3-5-11(6-4-9,10(13)14)15-8-7-12/h9H,2-8,12H2,1H3,(H,13,14). The van der Waals surface area contributed by atoms with Gasteiger partial charge in [0.15, 0.2) is 0 Å². The molecule has 0 saturated heterocycles. The van der Waals surface area contributed by atoms with Crippen molar-refractivity contribution < 1.29 is 9.90 Å². The van der Waals surface area contributed by atoms with Crippen LogP contribution in [0.15, 0.2) is 0 Å². The van der Waals surface area contributed by atoms with Crippen LogP contribution in [0.3, 0.4) is 0 Å². The van der Waals surface area contributed by atoms with Crippen LogP contribution in [0.4, 0.5) is 0 Å². The second-order valence-corrected chi connectivity index (χ2v) is 5.77. The number of thioether (sulfide) groups is 1. The molecule has 1 rings (SSSR count). The summed E-state index contributed by atoms with van der Waals surface area (Å²) in [7, 11) is 0. The van der Waals surface area contributed by atoms with Crippen molar-refractivity contribution >= 4 is 17.7 Å². The van der Waals surface area contributed by atoms with Crippen LogP contribution in [-0.2, 0) is 4.79 Å². The Hall–Kier alpha value is -0.220. The van der Waals surface area contributed by atoms with E-state index in [4.69, 9.17) is 5.73 Å². The van der Waals surface area contributed by atoms with Crippen LogP contribution in [0.25, 0.3) is 0 Å². The van der Waals surface area contributed by atoms with E-state index in [9.17, 15) is 9.90 Å². The predicted octanol–water partition coefficient (Wildman–Crippen LogP) is 2.10. The fourth-order valence-corrected chi connectivity index (χ4v) is 3.38. The maximum Gasteiger partial charge on any atom is 0.319 e. The Bertz CT molecular complexity index is 213. The molecule has 3 nitrogen and oxygen atoms in total. The van der Waals surface area contributed by atoms with E-state index >= 15 is 0 Å². The van der Waals surface area contributed by atoms with Crippen molar-refractivity contribution in [1.29, 1.82) is 0 Å². The number of carbonyl (C=O) groups is 1. The topological polar surface area (TPSA) is 63.3 Å². The number of carboxylic acids is 1. The molecule has 0 amide bonds. The van der Waals surface area contributed by atoms with Crippen LogP contribution in [0.1, 0.15) is 39.0 Å². The van der Waals surface area contributed by atoms with Gasteiger partial charge in [-0.1, -0.05) is 13.3 Å². The molecule has 0 spiro atoms. The first-order valence-electron chi connectivity index (χ1n) is 5.72. The lowest BCUT2D eigenvalue weighted by Crippen LogP contribution is -2.39. The van der Waals surface area contributed by atoms with Crippen molar-refractivity contribution in [3.05, 3.63) is 0 Å². The van der Waals surface area contributed by atoms with Crippen LogP contribution in [-0.4, -0.2) is 28.1 Å². The molecule has 1 aliphatic carbocycles. The fraction of sp³-hybridized carbons (Fsp3) is 0.909. The molecular weight excluding hydrogens is 210 g/mol. The summed E-state index contributed by atoms with van der Waals surface area (Å²) in [6.07, 6.45) is 4.91. The molecule has 4 heteroatoms. The Labute approximate surface area is 95.8 Å². The zero-order valence-corrected chi connectivity index (χ0v) is 10.2. The van der Waals surface area contributed by atoms with Crippen molar-refractivity contribution in [1.82, 2.24) is 0 Å². The predicted molar refractivity (Wildman–Crippen MR) is 64.1 cm³/mol. The molecule has 0 atom stereocenters. The van der Waals surface area contributed by atoms with E-state index in [0.29, 0.717) is 6.54 Å². The molecule has 1 aliphatic rings. The maximum absolute atomic E-state index is 11.3. The van der Waals surface area contributed by atoms with Crippen molar-refractivity contribution in [2.75, 3.05) is 12.3 Å².